The SMILES string of the molecule is c1ccc2c(c1)CC(c1nc3c(c(C4CC4)n1)CNC3)C2. The fourth-order valence-corrected chi connectivity index (χ4v) is 3.83. The van der Waals surface area contributed by atoms with Crippen LogP contribution >= 0.6 is 0 Å². The minimum Gasteiger partial charge on any atom is -0.307 e. The van der Waals surface area contributed by atoms with Crippen LogP contribution in [0, 0.1) is 0 Å². The molecular weight excluding hydrogens is 258 g/mol. The van der Waals surface area contributed by atoms with Crippen LogP contribution in [0.1, 0.15) is 58.6 Å². The van der Waals surface area contributed by atoms with Gasteiger partial charge in [-0.3, -0.25) is 0 Å². The molecule has 0 saturated heterocycles. The Balaban J connectivity index is 1.54. The molecule has 2 aromatic rings. The molecule has 0 spiro atoms. The van der Waals surface area contributed by atoms with Crippen molar-refractivity contribution in [3.63, 3.8) is 0 Å². The summed E-state index contributed by atoms with van der Waals surface area (Å²) < 4.78 is 0. The van der Waals surface area contributed by atoms with Gasteiger partial charge in [-0.1, -0.05) is 24.3 Å². The molecule has 0 radical (unpaired) electrons. The van der Waals surface area contributed by atoms with Crippen LogP contribution in [0.25, 0.3) is 0 Å². The van der Waals surface area contributed by atoms with Crippen LogP contribution in [-0.2, 0) is 25.9 Å². The van der Waals surface area contributed by atoms with Crippen molar-refractivity contribution in [2.24, 2.45) is 0 Å². The molecule has 0 unspecified atom stereocenters. The first-order valence-corrected chi connectivity index (χ1v) is 8.05. The second-order valence-corrected chi connectivity index (χ2v) is 6.64. The predicted octanol–water partition coefficient (Wildman–Crippen LogP) is 2.84. The van der Waals surface area contributed by atoms with Gasteiger partial charge < -0.3 is 5.32 Å². The zero-order valence-electron chi connectivity index (χ0n) is 12.1. The minimum absolute atomic E-state index is 0.478. The second kappa shape index (κ2) is 4.38. The summed E-state index contributed by atoms with van der Waals surface area (Å²) in [5.41, 5.74) is 6.99. The van der Waals surface area contributed by atoms with Gasteiger partial charge in [-0.25, -0.2) is 9.97 Å². The summed E-state index contributed by atoms with van der Waals surface area (Å²) in [6.07, 6.45) is 4.83. The van der Waals surface area contributed by atoms with Crippen molar-refractivity contribution in [1.29, 1.82) is 0 Å². The van der Waals surface area contributed by atoms with Crippen LogP contribution in [0.2, 0.25) is 0 Å². The van der Waals surface area contributed by atoms with E-state index in [-0.39, 0.29) is 0 Å². The van der Waals surface area contributed by atoms with Crippen LogP contribution in [0.3, 0.4) is 0 Å². The lowest BCUT2D eigenvalue weighted by Gasteiger charge is -2.13. The quantitative estimate of drug-likeness (QED) is 0.917. The lowest BCUT2D eigenvalue weighted by atomic mass is 10.0. The number of hydrogen-bond donors (Lipinski definition) is 1. The first-order chi connectivity index (χ1) is 10.4. The molecule has 3 aliphatic rings. The lowest BCUT2D eigenvalue weighted by Crippen LogP contribution is -2.10. The Morgan fingerprint density at radius 1 is 0.905 bits per heavy atom. The molecule has 1 aromatic heterocycles. The van der Waals surface area contributed by atoms with Crippen LogP contribution in [0.5, 0.6) is 0 Å². The molecule has 5 rings (SSSR count). The summed E-state index contributed by atoms with van der Waals surface area (Å²) in [5, 5.41) is 3.44. The maximum atomic E-state index is 5.02. The fraction of sp³-hybridized carbons (Fsp3) is 0.444. The van der Waals surface area contributed by atoms with Gasteiger partial charge in [0.05, 0.1) is 11.4 Å². The van der Waals surface area contributed by atoms with Crippen molar-refractivity contribution < 1.29 is 0 Å². The Labute approximate surface area is 124 Å². The van der Waals surface area contributed by atoms with Crippen molar-refractivity contribution in [1.82, 2.24) is 15.3 Å². The van der Waals surface area contributed by atoms with Crippen molar-refractivity contribution in [2.45, 2.75) is 50.6 Å². The van der Waals surface area contributed by atoms with Gasteiger partial charge in [-0.15, -0.1) is 0 Å². The molecule has 0 amide bonds. The van der Waals surface area contributed by atoms with E-state index in [9.17, 15) is 0 Å². The number of hydrogen-bond acceptors (Lipinski definition) is 3. The zero-order chi connectivity index (χ0) is 13.8. The van der Waals surface area contributed by atoms with Gasteiger partial charge >= 0.3 is 0 Å². The summed E-state index contributed by atoms with van der Waals surface area (Å²) in [5.74, 6) is 2.28. The summed E-state index contributed by atoms with van der Waals surface area (Å²) in [4.78, 5) is 9.94. The normalized spacial score (nSPS) is 20.6. The van der Waals surface area contributed by atoms with Gasteiger partial charge in [0.2, 0.25) is 0 Å². The molecule has 0 atom stereocenters. The summed E-state index contributed by atoms with van der Waals surface area (Å²) in [6, 6.07) is 8.80. The molecule has 3 nitrogen and oxygen atoms in total. The molecule has 106 valence electrons. The molecule has 21 heavy (non-hydrogen) atoms. The highest BCUT2D eigenvalue weighted by molar-refractivity contribution is 5.38. The van der Waals surface area contributed by atoms with E-state index in [1.807, 2.05) is 0 Å². The third-order valence-corrected chi connectivity index (χ3v) is 5.12. The van der Waals surface area contributed by atoms with Crippen molar-refractivity contribution in [3.8, 4) is 0 Å². The molecule has 0 bridgehead atoms. The predicted molar refractivity (Wildman–Crippen MR) is 81.1 cm³/mol. The van der Waals surface area contributed by atoms with E-state index in [1.54, 1.807) is 0 Å². The third-order valence-electron chi connectivity index (χ3n) is 5.12. The lowest BCUT2D eigenvalue weighted by molar-refractivity contribution is 0.665. The standard InChI is InChI=1S/C18H19N3/c1-2-4-13-8-14(7-12(13)3-1)18-20-16-10-19-9-15(16)17(21-18)11-5-6-11/h1-4,11,14,19H,5-10H2. The van der Waals surface area contributed by atoms with Gasteiger partial charge in [-0.2, -0.15) is 0 Å². The average molecular weight is 277 g/mol. The van der Waals surface area contributed by atoms with Crippen LogP contribution in [-0.4, -0.2) is 9.97 Å². The monoisotopic (exact) mass is 277 g/mol. The zero-order valence-corrected chi connectivity index (χ0v) is 12.1. The minimum atomic E-state index is 0.478. The Bertz CT molecular complexity index is 693. The summed E-state index contributed by atoms with van der Waals surface area (Å²) in [6.45, 7) is 1.89. The van der Waals surface area contributed by atoms with E-state index in [4.69, 9.17) is 9.97 Å². The van der Waals surface area contributed by atoms with E-state index in [2.05, 4.69) is 29.6 Å². The number of benzene rings is 1. The Kier molecular flexibility index (Phi) is 2.47. The smallest absolute Gasteiger partial charge is 0.132 e. The molecule has 1 N–H and O–H groups in total. The first kappa shape index (κ1) is 11.9. The number of nitrogens with zero attached hydrogens (tertiary/aromatic N) is 2. The van der Waals surface area contributed by atoms with E-state index >= 15 is 0 Å². The van der Waals surface area contributed by atoms with Crippen molar-refractivity contribution in [3.05, 3.63) is 58.2 Å². The number of nitrogens with one attached hydrogen (secondary N) is 1. The molecule has 3 heteroatoms. The Morgan fingerprint density at radius 3 is 2.38 bits per heavy atom. The topological polar surface area (TPSA) is 37.8 Å². The maximum absolute atomic E-state index is 5.02. The van der Waals surface area contributed by atoms with Crippen molar-refractivity contribution >= 4 is 0 Å². The molecule has 2 heterocycles. The molecule has 1 saturated carbocycles. The van der Waals surface area contributed by atoms with Gasteiger partial charge in [0.1, 0.15) is 5.82 Å². The average Bonchev–Trinajstić information content (AvgIpc) is 3.09. The maximum Gasteiger partial charge on any atom is 0.132 e. The second-order valence-electron chi connectivity index (χ2n) is 6.64. The molecule has 2 aliphatic carbocycles. The highest BCUT2D eigenvalue weighted by Gasteiger charge is 2.33. The summed E-state index contributed by atoms with van der Waals surface area (Å²) >= 11 is 0. The first-order valence-electron chi connectivity index (χ1n) is 8.05. The Morgan fingerprint density at radius 2 is 1.67 bits per heavy atom. The Hall–Kier alpha value is -1.74. The van der Waals surface area contributed by atoms with Crippen LogP contribution < -0.4 is 5.32 Å². The molecule has 1 aliphatic heterocycles. The fourth-order valence-electron chi connectivity index (χ4n) is 3.83. The number of fused-ring (bicyclic) bond motifs is 2. The van der Waals surface area contributed by atoms with Gasteiger partial charge in [0.25, 0.3) is 0 Å². The largest absolute Gasteiger partial charge is 0.307 e. The molecule has 1 fully saturated rings. The summed E-state index contributed by atoms with van der Waals surface area (Å²) in [7, 11) is 0. The van der Waals surface area contributed by atoms with E-state index in [0.29, 0.717) is 11.8 Å². The highest BCUT2D eigenvalue weighted by Crippen LogP contribution is 2.43. The van der Waals surface area contributed by atoms with Crippen molar-refractivity contribution in [2.75, 3.05) is 0 Å². The van der Waals surface area contributed by atoms with Crippen LogP contribution in [0.15, 0.2) is 24.3 Å². The van der Waals surface area contributed by atoms with E-state index in [0.717, 1.165) is 31.8 Å². The van der Waals surface area contributed by atoms with Gasteiger partial charge in [0, 0.05) is 30.5 Å². The molecule has 1 aromatic carbocycles. The number of rotatable bonds is 2. The third kappa shape index (κ3) is 1.91. The van der Waals surface area contributed by atoms with E-state index < -0.39 is 0 Å². The van der Waals surface area contributed by atoms with Gasteiger partial charge in [0.15, 0.2) is 0 Å². The van der Waals surface area contributed by atoms with E-state index in [1.165, 1.54) is 40.9 Å². The van der Waals surface area contributed by atoms with Gasteiger partial charge in [-0.05, 0) is 36.8 Å². The van der Waals surface area contributed by atoms with Crippen LogP contribution in [0.4, 0.5) is 0 Å². The molecular formula is C18H19N3. The number of aromatic nitrogens is 2. The highest BCUT2D eigenvalue weighted by atomic mass is 15.0.